The Morgan fingerprint density at radius 1 is 1.24 bits per heavy atom. The second kappa shape index (κ2) is 10.3. The molecule has 0 radical (unpaired) electrons. The molecule has 156 valence electrons. The van der Waals surface area contributed by atoms with Crippen LogP contribution in [0.3, 0.4) is 0 Å². The van der Waals surface area contributed by atoms with Crippen LogP contribution in [-0.2, 0) is 11.3 Å². The molecule has 0 aromatic carbocycles. The van der Waals surface area contributed by atoms with E-state index < -0.39 is 0 Å². The average Bonchev–Trinajstić information content (AvgIpc) is 3.44. The number of furan rings is 1. The van der Waals surface area contributed by atoms with Crippen molar-refractivity contribution in [1.29, 1.82) is 0 Å². The minimum atomic E-state index is 0.0940. The highest BCUT2D eigenvalue weighted by atomic mass is 32.2. The van der Waals surface area contributed by atoms with Crippen LogP contribution in [-0.4, -0.2) is 32.8 Å². The average molecular weight is 433 g/mol. The van der Waals surface area contributed by atoms with E-state index in [-0.39, 0.29) is 5.91 Å². The van der Waals surface area contributed by atoms with E-state index in [1.807, 2.05) is 17.0 Å². The number of carbonyl (C=O) groups is 1. The molecule has 2 heterocycles. The minimum absolute atomic E-state index is 0.0940. The van der Waals surface area contributed by atoms with Gasteiger partial charge in [-0.05, 0) is 50.7 Å². The zero-order valence-electron chi connectivity index (χ0n) is 16.6. The van der Waals surface area contributed by atoms with Gasteiger partial charge in [0.2, 0.25) is 11.0 Å². The van der Waals surface area contributed by atoms with Crippen molar-refractivity contribution in [1.82, 2.24) is 15.1 Å². The third kappa shape index (κ3) is 5.85. The van der Waals surface area contributed by atoms with Crippen molar-refractivity contribution in [3.05, 3.63) is 35.9 Å². The second-order valence-electron chi connectivity index (χ2n) is 7.64. The van der Waals surface area contributed by atoms with Crippen LogP contribution in [0.25, 0.3) is 0 Å². The highest BCUT2D eigenvalue weighted by molar-refractivity contribution is 8.01. The van der Waals surface area contributed by atoms with Crippen molar-refractivity contribution in [2.45, 2.75) is 74.7 Å². The predicted molar refractivity (Wildman–Crippen MR) is 117 cm³/mol. The molecule has 0 saturated heterocycles. The van der Waals surface area contributed by atoms with Crippen LogP contribution in [0, 0.1) is 0 Å². The molecule has 2 aromatic rings. The van der Waals surface area contributed by atoms with E-state index in [4.69, 9.17) is 4.42 Å². The van der Waals surface area contributed by atoms with Gasteiger partial charge in [0.25, 0.3) is 0 Å². The number of aromatic nitrogens is 2. The van der Waals surface area contributed by atoms with Crippen molar-refractivity contribution in [2.24, 2.45) is 0 Å². The van der Waals surface area contributed by atoms with Crippen molar-refractivity contribution < 1.29 is 9.21 Å². The number of hydrogen-bond acceptors (Lipinski definition) is 7. The number of nitrogens with zero attached hydrogens (tertiary/aromatic N) is 3. The molecule has 0 spiro atoms. The van der Waals surface area contributed by atoms with E-state index in [0.29, 0.717) is 18.3 Å². The zero-order valence-corrected chi connectivity index (χ0v) is 18.3. The summed E-state index contributed by atoms with van der Waals surface area (Å²) in [6, 6.07) is 4.30. The lowest BCUT2D eigenvalue weighted by atomic mass is 9.96. The van der Waals surface area contributed by atoms with Gasteiger partial charge in [0.05, 0.1) is 18.6 Å². The number of carbonyl (C=O) groups excluding carboxylic acids is 1. The SMILES string of the molecule is O=C(CSc1nnc(NC2CCCCC2)s1)N(Cc1ccco1)C1=CCCCC1. The molecule has 2 aromatic heterocycles. The third-order valence-electron chi connectivity index (χ3n) is 5.47. The smallest absolute Gasteiger partial charge is 0.237 e. The standard InChI is InChI=1S/C21H28N4O2S2/c26-19(25(14-18-12-7-13-27-18)17-10-5-2-6-11-17)15-28-21-24-23-20(29-21)22-16-8-3-1-4-9-16/h7,10,12-13,16H,1-6,8-9,11,14-15H2,(H,22,23). The maximum absolute atomic E-state index is 13.0. The highest BCUT2D eigenvalue weighted by Gasteiger charge is 2.22. The summed E-state index contributed by atoms with van der Waals surface area (Å²) in [5.41, 5.74) is 1.12. The largest absolute Gasteiger partial charge is 0.467 e. The Morgan fingerprint density at radius 2 is 2.14 bits per heavy atom. The summed E-state index contributed by atoms with van der Waals surface area (Å²) in [6.07, 6.45) is 14.5. The molecule has 0 aliphatic heterocycles. The molecule has 2 aliphatic rings. The number of thioether (sulfide) groups is 1. The molecule has 29 heavy (non-hydrogen) atoms. The summed E-state index contributed by atoms with van der Waals surface area (Å²) < 4.78 is 6.33. The van der Waals surface area contributed by atoms with Gasteiger partial charge in [-0.15, -0.1) is 10.2 Å². The van der Waals surface area contributed by atoms with E-state index >= 15 is 0 Å². The van der Waals surface area contributed by atoms with Crippen LogP contribution < -0.4 is 5.32 Å². The van der Waals surface area contributed by atoms with E-state index in [0.717, 1.165) is 40.2 Å². The molecular formula is C21H28N4O2S2. The fourth-order valence-electron chi connectivity index (χ4n) is 3.92. The van der Waals surface area contributed by atoms with Crippen LogP contribution >= 0.6 is 23.1 Å². The molecule has 1 N–H and O–H groups in total. The molecule has 8 heteroatoms. The first-order valence-corrected chi connectivity index (χ1v) is 12.3. The van der Waals surface area contributed by atoms with Crippen LogP contribution in [0.5, 0.6) is 0 Å². The Bertz CT molecular complexity index is 813. The maximum Gasteiger partial charge on any atom is 0.237 e. The second-order valence-corrected chi connectivity index (χ2v) is 9.84. The Morgan fingerprint density at radius 3 is 2.90 bits per heavy atom. The van der Waals surface area contributed by atoms with Gasteiger partial charge in [0.15, 0.2) is 4.34 Å². The molecule has 6 nitrogen and oxygen atoms in total. The molecule has 2 aliphatic carbocycles. The molecule has 1 amide bonds. The van der Waals surface area contributed by atoms with E-state index in [1.54, 1.807) is 17.6 Å². The van der Waals surface area contributed by atoms with Crippen LogP contribution in [0.2, 0.25) is 0 Å². The van der Waals surface area contributed by atoms with Crippen molar-refractivity contribution in [2.75, 3.05) is 11.1 Å². The normalized spacial score (nSPS) is 17.7. The lowest BCUT2D eigenvalue weighted by Crippen LogP contribution is -2.32. The fraction of sp³-hybridized carbons (Fsp3) is 0.571. The number of anilines is 1. The Labute approximate surface area is 180 Å². The highest BCUT2D eigenvalue weighted by Crippen LogP contribution is 2.30. The molecule has 1 saturated carbocycles. The third-order valence-corrected chi connectivity index (χ3v) is 7.44. The Kier molecular flexibility index (Phi) is 7.27. The van der Waals surface area contributed by atoms with Gasteiger partial charge < -0.3 is 14.6 Å². The van der Waals surface area contributed by atoms with E-state index in [1.165, 1.54) is 50.3 Å². The summed E-state index contributed by atoms with van der Waals surface area (Å²) in [4.78, 5) is 14.9. The van der Waals surface area contributed by atoms with Crippen LogP contribution in [0.4, 0.5) is 5.13 Å². The van der Waals surface area contributed by atoms with Crippen molar-refractivity contribution in [3.63, 3.8) is 0 Å². The van der Waals surface area contributed by atoms with Crippen LogP contribution in [0.1, 0.15) is 63.5 Å². The summed E-state index contributed by atoms with van der Waals surface area (Å²) in [7, 11) is 0. The van der Waals surface area contributed by atoms with Gasteiger partial charge in [0.1, 0.15) is 5.76 Å². The number of rotatable bonds is 8. The minimum Gasteiger partial charge on any atom is -0.467 e. The number of nitrogens with one attached hydrogen (secondary N) is 1. The Balaban J connectivity index is 1.34. The van der Waals surface area contributed by atoms with Gasteiger partial charge in [0, 0.05) is 11.7 Å². The van der Waals surface area contributed by atoms with Gasteiger partial charge in [-0.25, -0.2) is 0 Å². The molecule has 0 unspecified atom stereocenters. The van der Waals surface area contributed by atoms with Gasteiger partial charge in [-0.1, -0.05) is 48.4 Å². The van der Waals surface area contributed by atoms with Gasteiger partial charge in [-0.3, -0.25) is 4.79 Å². The van der Waals surface area contributed by atoms with Crippen LogP contribution in [0.15, 0.2) is 38.9 Å². The molecule has 1 fully saturated rings. The van der Waals surface area contributed by atoms with E-state index in [2.05, 4.69) is 21.6 Å². The molecule has 0 bridgehead atoms. The first-order valence-electron chi connectivity index (χ1n) is 10.5. The molecule has 4 rings (SSSR count). The zero-order chi connectivity index (χ0) is 19.9. The molecule has 0 atom stereocenters. The summed E-state index contributed by atoms with van der Waals surface area (Å²) in [5.74, 6) is 1.26. The quantitative estimate of drug-likeness (QED) is 0.559. The number of amides is 1. The van der Waals surface area contributed by atoms with Gasteiger partial charge >= 0.3 is 0 Å². The van der Waals surface area contributed by atoms with Crippen molar-refractivity contribution >= 4 is 34.1 Å². The maximum atomic E-state index is 13.0. The topological polar surface area (TPSA) is 71.3 Å². The van der Waals surface area contributed by atoms with Gasteiger partial charge in [-0.2, -0.15) is 0 Å². The first-order chi connectivity index (χ1) is 14.3. The van der Waals surface area contributed by atoms with E-state index in [9.17, 15) is 4.79 Å². The number of allylic oxidation sites excluding steroid dienone is 2. The predicted octanol–water partition coefficient (Wildman–Crippen LogP) is 5.45. The molecular weight excluding hydrogens is 404 g/mol. The fourth-order valence-corrected chi connectivity index (χ4v) is 5.63. The Hall–Kier alpha value is -1.80. The number of hydrogen-bond donors (Lipinski definition) is 1. The van der Waals surface area contributed by atoms with Crippen molar-refractivity contribution in [3.8, 4) is 0 Å². The lowest BCUT2D eigenvalue weighted by Gasteiger charge is -2.26. The summed E-state index contributed by atoms with van der Waals surface area (Å²) in [6.45, 7) is 0.489. The monoisotopic (exact) mass is 432 g/mol. The lowest BCUT2D eigenvalue weighted by molar-refractivity contribution is -0.127. The summed E-state index contributed by atoms with van der Waals surface area (Å²) in [5, 5.41) is 12.9. The summed E-state index contributed by atoms with van der Waals surface area (Å²) >= 11 is 3.02. The first kappa shape index (κ1) is 20.5.